The van der Waals surface area contributed by atoms with Gasteiger partial charge in [-0.25, -0.2) is 15.0 Å². The molecule has 3 heterocycles. The zero-order valence-corrected chi connectivity index (χ0v) is 24.8. The molecule has 2 N–H and O–H groups in total. The van der Waals surface area contributed by atoms with Crippen LogP contribution in [0.2, 0.25) is 5.02 Å². The van der Waals surface area contributed by atoms with E-state index in [1.165, 1.54) is 24.2 Å². The third-order valence-corrected chi connectivity index (χ3v) is 7.47. The largest absolute Gasteiger partial charge is 0.354 e. The van der Waals surface area contributed by atoms with Crippen molar-refractivity contribution in [3.63, 3.8) is 0 Å². The molecule has 1 saturated heterocycles. The van der Waals surface area contributed by atoms with Crippen molar-refractivity contribution in [2.45, 2.75) is 53.4 Å². The van der Waals surface area contributed by atoms with E-state index in [2.05, 4.69) is 41.3 Å². The fraction of sp³-hybridized carbons (Fsp3) is 0.448. The number of hydrogen-bond acceptors (Lipinski definition) is 8. The van der Waals surface area contributed by atoms with Gasteiger partial charge >= 0.3 is 0 Å². The molecule has 3 aromatic rings. The molecule has 0 unspecified atom stereocenters. The third kappa shape index (κ3) is 8.92. The van der Waals surface area contributed by atoms with Crippen LogP contribution < -0.4 is 15.5 Å². The average molecular weight is 568 g/mol. The van der Waals surface area contributed by atoms with E-state index in [0.29, 0.717) is 32.4 Å². The molecular weight excluding hydrogens is 530 g/mol. The van der Waals surface area contributed by atoms with Crippen LogP contribution in [0.15, 0.2) is 30.5 Å². The number of carbonyl (C=O) groups is 1. The summed E-state index contributed by atoms with van der Waals surface area (Å²) >= 11 is 7.51. The Hall–Kier alpha value is -3.19. The van der Waals surface area contributed by atoms with Crippen molar-refractivity contribution in [2.75, 3.05) is 48.3 Å². The maximum Gasteiger partial charge on any atom is 0.267 e. The lowest BCUT2D eigenvalue weighted by Gasteiger charge is -2.35. The van der Waals surface area contributed by atoms with Gasteiger partial charge in [0, 0.05) is 38.7 Å². The van der Waals surface area contributed by atoms with Crippen molar-refractivity contribution in [1.82, 2.24) is 19.9 Å². The first-order valence-electron chi connectivity index (χ1n) is 13.5. The Kier molecular flexibility index (Phi) is 12.0. The summed E-state index contributed by atoms with van der Waals surface area (Å²) in [6.07, 6.45) is 11.2. The summed E-state index contributed by atoms with van der Waals surface area (Å²) in [7, 11) is 0. The van der Waals surface area contributed by atoms with E-state index >= 15 is 0 Å². The van der Waals surface area contributed by atoms with Crippen LogP contribution in [0.1, 0.15) is 60.6 Å². The number of amides is 1. The molecule has 39 heavy (non-hydrogen) atoms. The number of hydrogen-bond donors (Lipinski definition) is 2. The van der Waals surface area contributed by atoms with Gasteiger partial charge in [-0.3, -0.25) is 9.69 Å². The Morgan fingerprint density at radius 1 is 1.13 bits per heavy atom. The molecule has 1 aliphatic heterocycles. The molecule has 4 rings (SSSR count). The van der Waals surface area contributed by atoms with E-state index in [0.717, 1.165) is 56.9 Å². The van der Waals surface area contributed by atoms with E-state index in [-0.39, 0.29) is 5.91 Å². The normalized spacial score (nSPS) is 13.3. The highest BCUT2D eigenvalue weighted by atomic mass is 35.5. The van der Waals surface area contributed by atoms with Gasteiger partial charge in [0.1, 0.15) is 22.3 Å². The Morgan fingerprint density at radius 2 is 1.90 bits per heavy atom. The van der Waals surface area contributed by atoms with Crippen molar-refractivity contribution in [3.8, 4) is 12.3 Å². The minimum Gasteiger partial charge on any atom is -0.354 e. The van der Waals surface area contributed by atoms with Gasteiger partial charge in [0.05, 0.1) is 16.9 Å². The van der Waals surface area contributed by atoms with Gasteiger partial charge in [-0.15, -0.1) is 12.3 Å². The molecule has 1 amide bonds. The summed E-state index contributed by atoms with van der Waals surface area (Å²) in [6, 6.07) is 7.45. The number of anilines is 4. The highest BCUT2D eigenvalue weighted by molar-refractivity contribution is 7.17. The van der Waals surface area contributed by atoms with Crippen molar-refractivity contribution in [2.24, 2.45) is 0 Å². The molecule has 1 aromatic carbocycles. The van der Waals surface area contributed by atoms with Crippen molar-refractivity contribution < 1.29 is 4.79 Å². The maximum atomic E-state index is 12.8. The number of thiazole rings is 1. The summed E-state index contributed by atoms with van der Waals surface area (Å²) in [6.45, 7) is 12.8. The topological polar surface area (TPSA) is 86.3 Å². The number of rotatable bonds is 10. The second-order valence-electron chi connectivity index (χ2n) is 9.04. The summed E-state index contributed by atoms with van der Waals surface area (Å²) in [5.74, 6) is 4.69. The van der Waals surface area contributed by atoms with E-state index < -0.39 is 0 Å². The van der Waals surface area contributed by atoms with E-state index in [1.807, 2.05) is 45.9 Å². The molecule has 0 bridgehead atoms. The van der Waals surface area contributed by atoms with E-state index in [4.69, 9.17) is 18.0 Å². The quantitative estimate of drug-likeness (QED) is 0.212. The molecule has 1 aliphatic rings. The second-order valence-corrected chi connectivity index (χ2v) is 10.5. The van der Waals surface area contributed by atoms with Crippen LogP contribution in [0.25, 0.3) is 0 Å². The number of piperazine rings is 1. The summed E-state index contributed by atoms with van der Waals surface area (Å²) in [5, 5.41) is 7.21. The fourth-order valence-electron chi connectivity index (χ4n) is 4.23. The van der Waals surface area contributed by atoms with Crippen LogP contribution in [-0.2, 0) is 0 Å². The molecular formula is C29H38ClN7OS. The molecule has 2 aromatic heterocycles. The van der Waals surface area contributed by atoms with Gasteiger partial charge in [0.15, 0.2) is 5.13 Å². The van der Waals surface area contributed by atoms with Crippen molar-refractivity contribution in [1.29, 1.82) is 0 Å². The Bertz CT molecular complexity index is 1240. The van der Waals surface area contributed by atoms with Gasteiger partial charge in [-0.1, -0.05) is 55.3 Å². The number of benzene rings is 1. The van der Waals surface area contributed by atoms with E-state index in [1.54, 1.807) is 12.3 Å². The number of aromatic nitrogens is 3. The van der Waals surface area contributed by atoms with Gasteiger partial charge in [0.25, 0.3) is 5.91 Å². The predicted octanol–water partition coefficient (Wildman–Crippen LogP) is 6.54. The van der Waals surface area contributed by atoms with E-state index in [9.17, 15) is 4.79 Å². The number of halogens is 1. The Morgan fingerprint density at radius 3 is 2.62 bits per heavy atom. The van der Waals surface area contributed by atoms with Gasteiger partial charge in [0.2, 0.25) is 0 Å². The van der Waals surface area contributed by atoms with Crippen molar-refractivity contribution >= 4 is 51.3 Å². The zero-order valence-electron chi connectivity index (χ0n) is 23.3. The smallest absolute Gasteiger partial charge is 0.267 e. The molecule has 0 aliphatic carbocycles. The molecule has 0 saturated carbocycles. The third-order valence-electron chi connectivity index (χ3n) is 6.24. The van der Waals surface area contributed by atoms with Crippen molar-refractivity contribution in [3.05, 3.63) is 51.7 Å². The van der Waals surface area contributed by atoms with Crippen LogP contribution >= 0.6 is 22.9 Å². The number of nitrogens with zero attached hydrogens (tertiary/aromatic N) is 5. The number of carbonyl (C=O) groups excluding carboxylic acids is 1. The van der Waals surface area contributed by atoms with Crippen LogP contribution in [-0.4, -0.2) is 58.5 Å². The summed E-state index contributed by atoms with van der Waals surface area (Å²) in [5.41, 5.74) is 1.51. The lowest BCUT2D eigenvalue weighted by atomic mass is 10.2. The standard InChI is InChI=1S/C27H32ClN7OS.C2H6/c1-4-5-6-7-8-12-34-13-15-35(16-14-34)24-17-23(30-20(3)31-24)32-27-29-18-22(37-27)26(36)33-25-19(2)10-9-11-21(25)28;1-2/h1,9-11,17-18H,5-8,12-16H2,2-3H3,(H,33,36)(H,29,30,31,32);1-2H3. The molecule has 0 spiro atoms. The number of para-hydroxylation sites is 1. The Labute approximate surface area is 241 Å². The molecule has 0 atom stereocenters. The van der Waals surface area contributed by atoms with Gasteiger partial charge in [-0.05, 0) is 44.9 Å². The number of terminal acetylenes is 1. The lowest BCUT2D eigenvalue weighted by Crippen LogP contribution is -2.47. The predicted molar refractivity (Wildman–Crippen MR) is 164 cm³/mol. The van der Waals surface area contributed by atoms with Gasteiger partial charge < -0.3 is 15.5 Å². The first-order valence-corrected chi connectivity index (χ1v) is 14.7. The van der Waals surface area contributed by atoms with Crippen LogP contribution in [0.5, 0.6) is 0 Å². The molecule has 0 radical (unpaired) electrons. The maximum absolute atomic E-state index is 12.8. The first-order chi connectivity index (χ1) is 18.9. The average Bonchev–Trinajstić information content (AvgIpc) is 3.40. The first kappa shape index (κ1) is 30.4. The molecule has 10 heteroatoms. The summed E-state index contributed by atoms with van der Waals surface area (Å²) < 4.78 is 0. The highest BCUT2D eigenvalue weighted by Crippen LogP contribution is 2.28. The Balaban J connectivity index is 0.00000205. The monoisotopic (exact) mass is 567 g/mol. The second kappa shape index (κ2) is 15.4. The van der Waals surface area contributed by atoms with Crippen LogP contribution in [0, 0.1) is 26.2 Å². The number of aryl methyl sites for hydroxylation is 2. The minimum atomic E-state index is -0.254. The number of unbranched alkanes of at least 4 members (excludes halogenated alkanes) is 3. The van der Waals surface area contributed by atoms with Crippen LogP contribution in [0.4, 0.5) is 22.5 Å². The summed E-state index contributed by atoms with van der Waals surface area (Å²) in [4.78, 5) is 31.6. The van der Waals surface area contributed by atoms with Gasteiger partial charge in [-0.2, -0.15) is 0 Å². The minimum absolute atomic E-state index is 0.254. The highest BCUT2D eigenvalue weighted by Gasteiger charge is 2.19. The zero-order chi connectivity index (χ0) is 28.2. The number of nitrogens with one attached hydrogen (secondary N) is 2. The SMILES string of the molecule is C#CCCCCCN1CCN(c2cc(Nc3ncc(C(=O)Nc4c(C)cccc4Cl)s3)nc(C)n2)CC1.CC. The fourth-order valence-corrected chi connectivity index (χ4v) is 5.22. The van der Waals surface area contributed by atoms with Crippen LogP contribution in [0.3, 0.4) is 0 Å². The molecule has 208 valence electrons. The lowest BCUT2D eigenvalue weighted by molar-refractivity contribution is 0.103. The molecule has 1 fully saturated rings. The molecule has 8 nitrogen and oxygen atoms in total.